The quantitative estimate of drug-likeness (QED) is 0.673. The van der Waals surface area contributed by atoms with Gasteiger partial charge in [0.15, 0.2) is 0 Å². The number of nitrogens with zero attached hydrogens (tertiary/aromatic N) is 1. The Balaban J connectivity index is 2.31. The number of alkyl halides is 1. The second-order valence-corrected chi connectivity index (χ2v) is 6.04. The highest BCUT2D eigenvalue weighted by molar-refractivity contribution is 9.09. The maximum atomic E-state index is 12.2. The molecule has 0 saturated carbocycles. The highest BCUT2D eigenvalue weighted by Gasteiger charge is 2.19. The molecule has 0 aromatic carbocycles. The molecule has 0 aromatic heterocycles. The summed E-state index contributed by atoms with van der Waals surface area (Å²) in [4.78, 5) is 14.2. The Hall–Kier alpha value is -0.0900. The molecule has 106 valence electrons. The predicted molar refractivity (Wildman–Crippen MR) is 78.1 cm³/mol. The van der Waals surface area contributed by atoms with E-state index in [0.29, 0.717) is 18.6 Å². The van der Waals surface area contributed by atoms with Crippen LogP contribution in [0.25, 0.3) is 0 Å². The van der Waals surface area contributed by atoms with E-state index in [-0.39, 0.29) is 5.91 Å². The summed E-state index contributed by atoms with van der Waals surface area (Å²) in [5, 5.41) is 0.954. The average Bonchev–Trinajstić information content (AvgIpc) is 2.37. The molecule has 0 radical (unpaired) electrons. The van der Waals surface area contributed by atoms with Gasteiger partial charge in [-0.25, -0.2) is 0 Å². The van der Waals surface area contributed by atoms with Crippen LogP contribution in [0.1, 0.15) is 52.4 Å². The highest BCUT2D eigenvalue weighted by Crippen LogP contribution is 2.18. The maximum Gasteiger partial charge on any atom is 0.222 e. The topological polar surface area (TPSA) is 29.5 Å². The largest absolute Gasteiger partial charge is 0.378 e. The Morgan fingerprint density at radius 1 is 1.44 bits per heavy atom. The molecule has 1 amide bonds. The lowest BCUT2D eigenvalue weighted by atomic mass is 10.0. The van der Waals surface area contributed by atoms with Gasteiger partial charge in [-0.2, -0.15) is 0 Å². The zero-order chi connectivity index (χ0) is 13.4. The maximum absolute atomic E-state index is 12.2. The molecule has 1 unspecified atom stereocenters. The first-order valence-corrected chi connectivity index (χ1v) is 8.24. The number of carbonyl (C=O) groups is 1. The molecular formula is C14H26BrNO2. The van der Waals surface area contributed by atoms with Gasteiger partial charge in [-0.15, -0.1) is 0 Å². The van der Waals surface area contributed by atoms with E-state index in [2.05, 4.69) is 29.8 Å². The van der Waals surface area contributed by atoms with Crippen molar-refractivity contribution in [1.29, 1.82) is 0 Å². The third-order valence-electron chi connectivity index (χ3n) is 3.43. The third-order valence-corrected chi connectivity index (χ3v) is 3.99. The fourth-order valence-electron chi connectivity index (χ4n) is 2.36. The van der Waals surface area contributed by atoms with E-state index < -0.39 is 0 Å². The number of rotatable bonds is 7. The summed E-state index contributed by atoms with van der Waals surface area (Å²) < 4.78 is 5.67. The van der Waals surface area contributed by atoms with Gasteiger partial charge in [-0.05, 0) is 46.0 Å². The molecule has 0 spiro atoms. The van der Waals surface area contributed by atoms with Crippen LogP contribution in [-0.4, -0.2) is 41.4 Å². The second kappa shape index (κ2) is 8.92. The number of amides is 1. The standard InChI is InChI=1S/C14H26BrNO2/c1-12(2)16(10-5-9-15)14(17)8-7-13-6-3-4-11-18-13/h12-13H,3-11H2,1-2H3. The van der Waals surface area contributed by atoms with Crippen LogP contribution in [0.2, 0.25) is 0 Å². The minimum Gasteiger partial charge on any atom is -0.378 e. The summed E-state index contributed by atoms with van der Waals surface area (Å²) in [6.45, 7) is 5.90. The monoisotopic (exact) mass is 319 g/mol. The second-order valence-electron chi connectivity index (χ2n) is 5.25. The van der Waals surface area contributed by atoms with Crippen LogP contribution in [0, 0.1) is 0 Å². The fraction of sp³-hybridized carbons (Fsp3) is 0.929. The lowest BCUT2D eigenvalue weighted by Gasteiger charge is -2.28. The molecule has 0 bridgehead atoms. The molecular weight excluding hydrogens is 294 g/mol. The Kier molecular flexibility index (Phi) is 7.91. The van der Waals surface area contributed by atoms with Crippen LogP contribution in [-0.2, 0) is 9.53 Å². The van der Waals surface area contributed by atoms with E-state index >= 15 is 0 Å². The van der Waals surface area contributed by atoms with Crippen molar-refractivity contribution in [2.45, 2.75) is 64.5 Å². The molecule has 18 heavy (non-hydrogen) atoms. The van der Waals surface area contributed by atoms with Crippen LogP contribution < -0.4 is 0 Å². The van der Waals surface area contributed by atoms with Gasteiger partial charge in [0.1, 0.15) is 0 Å². The molecule has 4 heteroatoms. The highest BCUT2D eigenvalue weighted by atomic mass is 79.9. The van der Waals surface area contributed by atoms with Crippen LogP contribution >= 0.6 is 15.9 Å². The summed E-state index contributed by atoms with van der Waals surface area (Å²) >= 11 is 3.42. The van der Waals surface area contributed by atoms with E-state index in [0.717, 1.165) is 37.7 Å². The Bertz CT molecular complexity index is 240. The first kappa shape index (κ1) is 16.0. The van der Waals surface area contributed by atoms with E-state index in [1.165, 1.54) is 12.8 Å². The van der Waals surface area contributed by atoms with Gasteiger partial charge in [0, 0.05) is 30.9 Å². The summed E-state index contributed by atoms with van der Waals surface area (Å²) in [6, 6.07) is 0.295. The Morgan fingerprint density at radius 3 is 2.78 bits per heavy atom. The molecule has 0 aromatic rings. The van der Waals surface area contributed by atoms with Gasteiger partial charge >= 0.3 is 0 Å². The minimum absolute atomic E-state index is 0.278. The molecule has 0 aliphatic carbocycles. The first-order chi connectivity index (χ1) is 8.65. The van der Waals surface area contributed by atoms with E-state index in [1.807, 2.05) is 4.90 Å². The minimum atomic E-state index is 0.278. The third kappa shape index (κ3) is 5.70. The van der Waals surface area contributed by atoms with Crippen LogP contribution in [0.5, 0.6) is 0 Å². The molecule has 1 atom stereocenters. The summed E-state index contributed by atoms with van der Waals surface area (Å²) in [5.74, 6) is 0.278. The summed E-state index contributed by atoms with van der Waals surface area (Å²) in [6.07, 6.45) is 6.39. The van der Waals surface area contributed by atoms with Crippen molar-refractivity contribution in [3.05, 3.63) is 0 Å². The van der Waals surface area contributed by atoms with Gasteiger partial charge in [0.05, 0.1) is 6.10 Å². The molecule has 1 heterocycles. The average molecular weight is 320 g/mol. The van der Waals surface area contributed by atoms with E-state index in [9.17, 15) is 4.79 Å². The fourth-order valence-corrected chi connectivity index (χ4v) is 2.61. The van der Waals surface area contributed by atoms with E-state index in [4.69, 9.17) is 4.74 Å². The number of hydrogen-bond acceptors (Lipinski definition) is 2. The van der Waals surface area contributed by atoms with Crippen molar-refractivity contribution in [1.82, 2.24) is 4.90 Å². The molecule has 3 nitrogen and oxygen atoms in total. The molecule has 1 aliphatic heterocycles. The van der Waals surface area contributed by atoms with Crippen LogP contribution in [0.3, 0.4) is 0 Å². The number of hydrogen-bond donors (Lipinski definition) is 0. The first-order valence-electron chi connectivity index (χ1n) is 7.12. The van der Waals surface area contributed by atoms with Gasteiger partial charge in [-0.1, -0.05) is 15.9 Å². The van der Waals surface area contributed by atoms with Crippen molar-refractivity contribution in [2.24, 2.45) is 0 Å². The molecule has 0 N–H and O–H groups in total. The Labute approximate surface area is 119 Å². The zero-order valence-electron chi connectivity index (χ0n) is 11.7. The predicted octanol–water partition coefficient (Wildman–Crippen LogP) is 3.36. The van der Waals surface area contributed by atoms with Crippen molar-refractivity contribution < 1.29 is 9.53 Å². The van der Waals surface area contributed by atoms with Crippen LogP contribution in [0.15, 0.2) is 0 Å². The zero-order valence-corrected chi connectivity index (χ0v) is 13.2. The van der Waals surface area contributed by atoms with Crippen molar-refractivity contribution >= 4 is 21.8 Å². The van der Waals surface area contributed by atoms with Crippen molar-refractivity contribution in [2.75, 3.05) is 18.5 Å². The smallest absolute Gasteiger partial charge is 0.222 e. The number of carbonyl (C=O) groups excluding carboxylic acids is 1. The molecule has 1 aliphatic rings. The molecule has 1 fully saturated rings. The SMILES string of the molecule is CC(C)N(CCCBr)C(=O)CCC1CCCCO1. The number of ether oxygens (including phenoxy) is 1. The normalized spacial score (nSPS) is 20.1. The van der Waals surface area contributed by atoms with Crippen molar-refractivity contribution in [3.63, 3.8) is 0 Å². The van der Waals surface area contributed by atoms with Crippen molar-refractivity contribution in [3.8, 4) is 0 Å². The van der Waals surface area contributed by atoms with Crippen LogP contribution in [0.4, 0.5) is 0 Å². The van der Waals surface area contributed by atoms with Gasteiger partial charge in [0.2, 0.25) is 5.91 Å². The summed E-state index contributed by atoms with van der Waals surface area (Å²) in [7, 11) is 0. The van der Waals surface area contributed by atoms with Gasteiger partial charge < -0.3 is 9.64 Å². The Morgan fingerprint density at radius 2 is 2.22 bits per heavy atom. The van der Waals surface area contributed by atoms with Gasteiger partial charge in [0.25, 0.3) is 0 Å². The summed E-state index contributed by atoms with van der Waals surface area (Å²) in [5.41, 5.74) is 0. The molecule has 1 saturated heterocycles. The number of halogens is 1. The van der Waals surface area contributed by atoms with E-state index in [1.54, 1.807) is 0 Å². The lowest BCUT2D eigenvalue weighted by molar-refractivity contribution is -0.133. The molecule has 1 rings (SSSR count). The van der Waals surface area contributed by atoms with Gasteiger partial charge in [-0.3, -0.25) is 4.79 Å². The lowest BCUT2D eigenvalue weighted by Crippen LogP contribution is -2.38.